The molecule has 0 radical (unpaired) electrons. The van der Waals surface area contributed by atoms with Gasteiger partial charge in [-0.1, -0.05) is 101 Å². The van der Waals surface area contributed by atoms with Gasteiger partial charge in [0.05, 0.1) is 0 Å². The van der Waals surface area contributed by atoms with Crippen LogP contribution in [0.15, 0.2) is 78.4 Å². The van der Waals surface area contributed by atoms with Crippen molar-refractivity contribution >= 4 is 25.3 Å². The Kier molecular flexibility index (Phi) is 12.9. The van der Waals surface area contributed by atoms with Gasteiger partial charge >= 0.3 is 63.8 Å². The molecule has 9 rings (SSSR count). The standard InChI is InChI=1S/C23H29.C17H23.C7H6.2ClH.Zr/c1-14-9-16-11-17-10-15(2)21(23(6,7)8)13-19(17)18(16)12-20(14)22(3,4)5;1-11-3-4-14(5-11)17(2)15-7-12-6-13(9-15)10-16(17)8-12;1-7-5-3-2-4-6-7;;;/h9-13H,1-8H3;4-5,11-13,15-16H,6-10H2,1-2H3;1-6H;2*1H;/q2*-1;;;;+2/p-2. The third-order valence-electron chi connectivity index (χ3n) is 12.4. The molecule has 266 valence electrons. The van der Waals surface area contributed by atoms with Gasteiger partial charge in [0.15, 0.2) is 0 Å². The van der Waals surface area contributed by atoms with E-state index >= 15 is 0 Å². The van der Waals surface area contributed by atoms with Crippen LogP contribution in [-0.4, -0.2) is 3.71 Å². The van der Waals surface area contributed by atoms with Crippen LogP contribution in [-0.2, 0) is 35.1 Å². The van der Waals surface area contributed by atoms with Gasteiger partial charge in [-0.25, -0.2) is 6.08 Å². The molecule has 0 saturated heterocycles. The second-order valence-corrected chi connectivity index (χ2v) is 18.7. The number of fused-ring (bicyclic) bond motifs is 3. The molecule has 4 saturated carbocycles. The van der Waals surface area contributed by atoms with E-state index in [-0.39, 0.29) is 35.6 Å². The van der Waals surface area contributed by atoms with Gasteiger partial charge in [0.2, 0.25) is 0 Å². The molecule has 4 aromatic carbocycles. The van der Waals surface area contributed by atoms with Crippen LogP contribution in [0.2, 0.25) is 0 Å². The van der Waals surface area contributed by atoms with E-state index in [1.54, 1.807) is 12.0 Å². The van der Waals surface area contributed by atoms with Crippen molar-refractivity contribution in [1.82, 2.24) is 0 Å². The first-order valence-electron chi connectivity index (χ1n) is 18.6. The fourth-order valence-electron chi connectivity index (χ4n) is 10.1. The maximum absolute atomic E-state index is 3.49. The van der Waals surface area contributed by atoms with E-state index < -0.39 is 0 Å². The Morgan fingerprint density at radius 3 is 1.56 bits per heavy atom. The summed E-state index contributed by atoms with van der Waals surface area (Å²) < 4.78 is 2.17. The van der Waals surface area contributed by atoms with Gasteiger partial charge in [-0.05, 0) is 80.5 Å². The van der Waals surface area contributed by atoms with E-state index in [0.29, 0.717) is 11.3 Å². The van der Waals surface area contributed by atoms with Crippen LogP contribution in [0.4, 0.5) is 0 Å². The van der Waals surface area contributed by atoms with Gasteiger partial charge in [0.25, 0.3) is 0 Å². The molecule has 4 fully saturated rings. The average molecular weight is 785 g/mol. The number of benzene rings is 3. The number of rotatable bonds is 2. The van der Waals surface area contributed by atoms with E-state index in [9.17, 15) is 0 Å². The van der Waals surface area contributed by atoms with Crippen molar-refractivity contribution in [2.75, 3.05) is 0 Å². The van der Waals surface area contributed by atoms with Crippen LogP contribution in [0, 0.1) is 54.9 Å². The summed E-state index contributed by atoms with van der Waals surface area (Å²) >= 11 is 1.46. The third-order valence-corrected chi connectivity index (χ3v) is 13.2. The Morgan fingerprint density at radius 1 is 0.740 bits per heavy atom. The van der Waals surface area contributed by atoms with Crippen LogP contribution in [0.25, 0.3) is 21.5 Å². The first-order chi connectivity index (χ1) is 22.6. The zero-order valence-electron chi connectivity index (χ0n) is 32.2. The van der Waals surface area contributed by atoms with Crippen LogP contribution >= 0.6 is 0 Å². The second kappa shape index (κ2) is 15.8. The number of aryl methyl sites for hydroxylation is 2. The van der Waals surface area contributed by atoms with Crippen molar-refractivity contribution < 1.29 is 49.0 Å². The molecule has 1 unspecified atom stereocenters. The van der Waals surface area contributed by atoms with Crippen LogP contribution < -0.4 is 24.8 Å². The van der Waals surface area contributed by atoms with Crippen molar-refractivity contribution in [2.24, 2.45) is 35.0 Å². The SMILES string of the molecule is CC1[C-]=CC(C2(C)C3CC4CC(C3)CC2C4)=C1.Cc1cc2[cH-]c3cc(C)c(C(C)(C)C)cc3c2cc1C(C)(C)C.[Cl-].[Cl-].[Zr+2]=[CH]c1ccccc1. The van der Waals surface area contributed by atoms with Gasteiger partial charge in [-0.15, -0.1) is 39.7 Å². The van der Waals surface area contributed by atoms with Crippen LogP contribution in [0.5, 0.6) is 0 Å². The van der Waals surface area contributed by atoms with E-state index in [0.717, 1.165) is 23.7 Å². The molecule has 3 heteroatoms. The molecule has 0 heterocycles. The van der Waals surface area contributed by atoms with Crippen molar-refractivity contribution in [2.45, 2.75) is 112 Å². The summed E-state index contributed by atoms with van der Waals surface area (Å²) in [7, 11) is 0. The normalized spacial score (nSPS) is 26.3. The summed E-state index contributed by atoms with van der Waals surface area (Å²) in [6, 6.07) is 22.3. The molecule has 5 aliphatic carbocycles. The van der Waals surface area contributed by atoms with E-state index in [1.807, 2.05) is 6.07 Å². The Bertz CT molecular complexity index is 1750. The van der Waals surface area contributed by atoms with Gasteiger partial charge in [0, 0.05) is 0 Å². The molecule has 4 aromatic rings. The third kappa shape index (κ3) is 8.27. The summed E-state index contributed by atoms with van der Waals surface area (Å²) in [4.78, 5) is 0. The first-order valence-corrected chi connectivity index (χ1v) is 20.0. The Hall–Kier alpha value is -1.66. The zero-order valence-corrected chi connectivity index (χ0v) is 36.2. The fourth-order valence-corrected chi connectivity index (χ4v) is 10.5. The summed E-state index contributed by atoms with van der Waals surface area (Å²) in [6.45, 7) is 23.1. The Balaban J connectivity index is 0.000000183. The molecular formula is C47H58Cl2Zr-2. The number of hydrogen-bond donors (Lipinski definition) is 0. The Labute approximate surface area is 331 Å². The van der Waals surface area contributed by atoms with Gasteiger partial charge < -0.3 is 24.8 Å². The van der Waals surface area contributed by atoms with Crippen LogP contribution in [0.1, 0.15) is 115 Å². The molecule has 5 aliphatic rings. The molecule has 0 nitrogen and oxygen atoms in total. The predicted molar refractivity (Wildman–Crippen MR) is 206 cm³/mol. The van der Waals surface area contributed by atoms with Gasteiger partial charge in [-0.3, -0.25) is 6.08 Å². The molecule has 0 amide bonds. The number of halogens is 2. The zero-order chi connectivity index (χ0) is 34.6. The minimum absolute atomic E-state index is 0. The maximum atomic E-state index is 3.49. The topological polar surface area (TPSA) is 0 Å². The van der Waals surface area contributed by atoms with E-state index in [1.165, 1.54) is 99.3 Å². The molecule has 4 bridgehead atoms. The van der Waals surface area contributed by atoms with Crippen LogP contribution in [0.3, 0.4) is 0 Å². The van der Waals surface area contributed by atoms with Gasteiger partial charge in [0.1, 0.15) is 0 Å². The first kappa shape index (κ1) is 41.1. The molecule has 0 spiro atoms. The monoisotopic (exact) mass is 782 g/mol. The quantitative estimate of drug-likeness (QED) is 0.199. The van der Waals surface area contributed by atoms with Crippen molar-refractivity contribution in [3.63, 3.8) is 0 Å². The fraction of sp³-hybridized carbons (Fsp3) is 0.489. The van der Waals surface area contributed by atoms with E-state index in [4.69, 9.17) is 0 Å². The van der Waals surface area contributed by atoms with Crippen molar-refractivity contribution in [1.29, 1.82) is 0 Å². The molecule has 0 aliphatic heterocycles. The summed E-state index contributed by atoms with van der Waals surface area (Å²) in [6.07, 6.45) is 15.9. The molecular weight excluding hydrogens is 727 g/mol. The Morgan fingerprint density at radius 2 is 1.20 bits per heavy atom. The molecule has 1 atom stereocenters. The number of allylic oxidation sites excluding steroid dienone is 4. The summed E-state index contributed by atoms with van der Waals surface area (Å²) in [5, 5.41) is 5.55. The molecule has 0 aromatic heterocycles. The summed E-state index contributed by atoms with van der Waals surface area (Å²) in [5.74, 6) is 4.68. The minimum atomic E-state index is 0. The average Bonchev–Trinajstić information content (AvgIpc) is 3.61. The molecule has 50 heavy (non-hydrogen) atoms. The molecule has 0 N–H and O–H groups in total. The van der Waals surface area contributed by atoms with Gasteiger partial charge in [-0.2, -0.15) is 11.6 Å². The predicted octanol–water partition coefficient (Wildman–Crippen LogP) is 6.70. The van der Waals surface area contributed by atoms with E-state index in [2.05, 4.69) is 146 Å². The number of hydrogen-bond acceptors (Lipinski definition) is 0. The van der Waals surface area contributed by atoms with Crippen molar-refractivity contribution in [3.8, 4) is 0 Å². The summed E-state index contributed by atoms with van der Waals surface area (Å²) in [5.41, 5.74) is 9.53. The van der Waals surface area contributed by atoms with Crippen molar-refractivity contribution in [3.05, 3.63) is 112 Å². The second-order valence-electron chi connectivity index (χ2n) is 18.0.